The maximum absolute atomic E-state index is 12.7. The fourth-order valence-corrected chi connectivity index (χ4v) is 3.86. The van der Waals surface area contributed by atoms with Crippen LogP contribution in [0.15, 0.2) is 33.6 Å². The molecule has 0 saturated heterocycles. The van der Waals surface area contributed by atoms with Gasteiger partial charge in [0.15, 0.2) is 6.10 Å². The number of methoxy groups -OCH3 is 1. The van der Waals surface area contributed by atoms with Crippen molar-refractivity contribution in [3.8, 4) is 11.1 Å². The summed E-state index contributed by atoms with van der Waals surface area (Å²) in [6.45, 7) is 11.8. The highest BCUT2D eigenvalue weighted by Gasteiger charge is 2.33. The zero-order chi connectivity index (χ0) is 20.5. The molecule has 0 bridgehead atoms. The van der Waals surface area contributed by atoms with Crippen LogP contribution < -0.4 is 0 Å². The molecule has 0 spiro atoms. The third kappa shape index (κ3) is 4.76. The summed E-state index contributed by atoms with van der Waals surface area (Å²) in [6, 6.07) is 8.26. The summed E-state index contributed by atoms with van der Waals surface area (Å²) >= 11 is 8.33. The highest BCUT2D eigenvalue weighted by atomic mass is 79.9. The SMILES string of the molecule is COC(=O)[C@@H](OC(C)(C)C)c1c(C)c(S)c(Br)c(C)c1-c1ccc(C)cc1. The number of carbonyl (C=O) groups is 1. The number of hydrogen-bond donors (Lipinski definition) is 1. The minimum atomic E-state index is -0.844. The lowest BCUT2D eigenvalue weighted by Gasteiger charge is -2.30. The Hall–Kier alpha value is -1.30. The van der Waals surface area contributed by atoms with E-state index in [1.165, 1.54) is 12.7 Å². The van der Waals surface area contributed by atoms with Gasteiger partial charge in [-0.2, -0.15) is 0 Å². The number of benzene rings is 2. The van der Waals surface area contributed by atoms with Crippen molar-refractivity contribution in [2.45, 2.75) is 58.1 Å². The Kier molecular flexibility index (Phi) is 6.82. The minimum Gasteiger partial charge on any atom is -0.467 e. The molecule has 2 aromatic rings. The van der Waals surface area contributed by atoms with Crippen LogP contribution >= 0.6 is 28.6 Å². The van der Waals surface area contributed by atoms with Gasteiger partial charge in [-0.15, -0.1) is 12.6 Å². The van der Waals surface area contributed by atoms with Crippen LogP contribution in [0.2, 0.25) is 0 Å². The van der Waals surface area contributed by atoms with Gasteiger partial charge in [-0.25, -0.2) is 4.79 Å². The van der Waals surface area contributed by atoms with Crippen LogP contribution in [0, 0.1) is 20.8 Å². The quantitative estimate of drug-likeness (QED) is 0.434. The second kappa shape index (κ2) is 8.38. The van der Waals surface area contributed by atoms with Crippen molar-refractivity contribution in [2.24, 2.45) is 0 Å². The molecule has 0 radical (unpaired) electrons. The summed E-state index contributed by atoms with van der Waals surface area (Å²) in [5.74, 6) is -0.421. The van der Waals surface area contributed by atoms with Gasteiger partial charge in [0.1, 0.15) is 0 Å². The van der Waals surface area contributed by atoms with Gasteiger partial charge in [0.25, 0.3) is 0 Å². The van der Waals surface area contributed by atoms with E-state index in [1.807, 2.05) is 34.6 Å². The topological polar surface area (TPSA) is 35.5 Å². The fraction of sp³-hybridized carbons (Fsp3) is 0.409. The van der Waals surface area contributed by atoms with E-state index in [4.69, 9.17) is 9.47 Å². The predicted octanol–water partition coefficient (Wildman–Crippen LogP) is 6.36. The van der Waals surface area contributed by atoms with Crippen LogP contribution in [-0.4, -0.2) is 18.7 Å². The Morgan fingerprint density at radius 3 is 2.11 bits per heavy atom. The lowest BCUT2D eigenvalue weighted by atomic mass is 9.88. The second-order valence-electron chi connectivity index (χ2n) is 7.70. The van der Waals surface area contributed by atoms with E-state index in [0.717, 1.165) is 37.2 Å². The summed E-state index contributed by atoms with van der Waals surface area (Å²) in [5, 5.41) is 0. The van der Waals surface area contributed by atoms with Crippen molar-refractivity contribution in [1.82, 2.24) is 0 Å². The molecule has 0 aliphatic carbocycles. The Bertz CT molecular complexity index is 852. The summed E-state index contributed by atoms with van der Waals surface area (Å²) < 4.78 is 12.2. The molecule has 0 aliphatic rings. The molecule has 146 valence electrons. The summed E-state index contributed by atoms with van der Waals surface area (Å²) in [4.78, 5) is 13.5. The van der Waals surface area contributed by atoms with Gasteiger partial charge in [0.05, 0.1) is 12.7 Å². The first-order valence-corrected chi connectivity index (χ1v) is 10.1. The fourth-order valence-electron chi connectivity index (χ4n) is 3.07. The average Bonchev–Trinajstić information content (AvgIpc) is 2.60. The first-order chi connectivity index (χ1) is 12.5. The number of hydrogen-bond acceptors (Lipinski definition) is 4. The molecular weight excluding hydrogens is 424 g/mol. The number of halogens is 1. The summed E-state index contributed by atoms with van der Waals surface area (Å²) in [7, 11) is 1.38. The normalized spacial score (nSPS) is 12.8. The molecule has 3 nitrogen and oxygen atoms in total. The molecule has 1 atom stereocenters. The molecule has 5 heteroatoms. The van der Waals surface area contributed by atoms with E-state index in [-0.39, 0.29) is 0 Å². The number of ether oxygens (including phenoxy) is 2. The van der Waals surface area contributed by atoms with E-state index < -0.39 is 17.7 Å². The van der Waals surface area contributed by atoms with E-state index in [2.05, 4.69) is 59.7 Å². The third-order valence-electron chi connectivity index (χ3n) is 4.43. The zero-order valence-electron chi connectivity index (χ0n) is 16.9. The zero-order valence-corrected chi connectivity index (χ0v) is 19.4. The molecule has 2 rings (SSSR count). The van der Waals surface area contributed by atoms with Crippen molar-refractivity contribution < 1.29 is 14.3 Å². The maximum Gasteiger partial charge on any atom is 0.339 e. The highest BCUT2D eigenvalue weighted by Crippen LogP contribution is 2.44. The summed E-state index contributed by atoms with van der Waals surface area (Å²) in [5.41, 5.74) is 5.35. The maximum atomic E-state index is 12.7. The average molecular weight is 451 g/mol. The van der Waals surface area contributed by atoms with Crippen molar-refractivity contribution in [1.29, 1.82) is 0 Å². The van der Waals surface area contributed by atoms with Crippen LogP contribution in [0.1, 0.15) is 49.1 Å². The Morgan fingerprint density at radius 2 is 1.63 bits per heavy atom. The van der Waals surface area contributed by atoms with E-state index in [0.29, 0.717) is 0 Å². The third-order valence-corrected chi connectivity index (χ3v) is 6.29. The number of thiol groups is 1. The lowest BCUT2D eigenvalue weighted by molar-refractivity contribution is -0.164. The van der Waals surface area contributed by atoms with Gasteiger partial charge in [0.2, 0.25) is 0 Å². The van der Waals surface area contributed by atoms with Crippen molar-refractivity contribution in [3.05, 3.63) is 51.0 Å². The summed E-state index contributed by atoms with van der Waals surface area (Å²) in [6.07, 6.45) is -0.844. The lowest BCUT2D eigenvalue weighted by Crippen LogP contribution is -2.29. The number of esters is 1. The molecule has 27 heavy (non-hydrogen) atoms. The monoisotopic (exact) mass is 450 g/mol. The van der Waals surface area contributed by atoms with Gasteiger partial charge in [-0.1, -0.05) is 29.8 Å². The van der Waals surface area contributed by atoms with Gasteiger partial charge in [0, 0.05) is 14.9 Å². The molecule has 0 heterocycles. The van der Waals surface area contributed by atoms with E-state index >= 15 is 0 Å². The number of aryl methyl sites for hydroxylation is 1. The van der Waals surface area contributed by atoms with E-state index in [1.54, 1.807) is 0 Å². The van der Waals surface area contributed by atoms with Gasteiger partial charge in [-0.3, -0.25) is 0 Å². The Balaban J connectivity index is 2.86. The van der Waals surface area contributed by atoms with Crippen LogP contribution in [0.5, 0.6) is 0 Å². The van der Waals surface area contributed by atoms with Gasteiger partial charge >= 0.3 is 5.97 Å². The molecule has 0 unspecified atom stereocenters. The Labute approximate surface area is 176 Å². The molecule has 0 aromatic heterocycles. The molecule has 0 N–H and O–H groups in total. The van der Waals surface area contributed by atoms with Crippen LogP contribution in [0.25, 0.3) is 11.1 Å². The van der Waals surface area contributed by atoms with Gasteiger partial charge in [-0.05, 0) is 79.7 Å². The molecule has 0 fully saturated rings. The predicted molar refractivity (Wildman–Crippen MR) is 117 cm³/mol. The number of carbonyl (C=O) groups excluding carboxylic acids is 1. The Morgan fingerprint density at radius 1 is 1.07 bits per heavy atom. The highest BCUT2D eigenvalue weighted by molar-refractivity contribution is 9.10. The number of rotatable bonds is 4. The van der Waals surface area contributed by atoms with Crippen molar-refractivity contribution >= 4 is 34.5 Å². The van der Waals surface area contributed by atoms with E-state index in [9.17, 15) is 4.79 Å². The second-order valence-corrected chi connectivity index (χ2v) is 8.94. The smallest absolute Gasteiger partial charge is 0.339 e. The van der Waals surface area contributed by atoms with Crippen LogP contribution in [0.4, 0.5) is 0 Å². The molecule has 2 aromatic carbocycles. The molecule has 0 saturated carbocycles. The largest absolute Gasteiger partial charge is 0.467 e. The molecule has 0 amide bonds. The van der Waals surface area contributed by atoms with Crippen LogP contribution in [-0.2, 0) is 14.3 Å². The van der Waals surface area contributed by atoms with Gasteiger partial charge < -0.3 is 9.47 Å². The first-order valence-electron chi connectivity index (χ1n) is 8.82. The van der Waals surface area contributed by atoms with Crippen molar-refractivity contribution in [3.63, 3.8) is 0 Å². The minimum absolute atomic E-state index is 0.421. The molecular formula is C22H27BrO3S. The van der Waals surface area contributed by atoms with Crippen LogP contribution in [0.3, 0.4) is 0 Å². The standard InChI is InChI=1S/C22H27BrO3S/c1-12-8-10-15(11-9-12)16-13(2)18(23)20(27)14(3)17(16)19(21(24)25-7)26-22(4,5)6/h8-11,19,27H,1-7H3/t19-/m0/s1. The van der Waals surface area contributed by atoms with Crippen molar-refractivity contribution in [2.75, 3.05) is 7.11 Å². The first kappa shape index (κ1) is 22.0. The molecule has 0 aliphatic heterocycles.